The molecular weight excluding hydrogens is 431 g/mol. The number of amides is 1. The fraction of sp³-hybridized carbons (Fsp3) is 0.208. The highest BCUT2D eigenvalue weighted by Gasteiger charge is 2.31. The van der Waals surface area contributed by atoms with E-state index in [1.165, 1.54) is 31.2 Å². The lowest BCUT2D eigenvalue weighted by atomic mass is 10.2. The lowest BCUT2D eigenvalue weighted by Crippen LogP contribution is -2.41. The second-order valence-electron chi connectivity index (χ2n) is 7.34. The third kappa shape index (κ3) is 5.08. The summed E-state index contributed by atoms with van der Waals surface area (Å²) in [5, 5.41) is 0. The molecule has 0 bridgehead atoms. The SMILES string of the molecule is COc1ccc(C)cc1S(=O)(=O)N(CC(=O)N(C)Cc1ccccc1F)c1ccccc1. The summed E-state index contributed by atoms with van der Waals surface area (Å²) in [6, 6.07) is 19.4. The largest absolute Gasteiger partial charge is 0.495 e. The lowest BCUT2D eigenvalue weighted by molar-refractivity contribution is -0.128. The molecule has 0 heterocycles. The molecule has 0 radical (unpaired) electrons. The fourth-order valence-electron chi connectivity index (χ4n) is 3.23. The van der Waals surface area contributed by atoms with Gasteiger partial charge in [0.15, 0.2) is 0 Å². The molecule has 3 aromatic carbocycles. The Balaban J connectivity index is 1.96. The Morgan fingerprint density at radius 1 is 1.00 bits per heavy atom. The van der Waals surface area contributed by atoms with Crippen molar-refractivity contribution in [3.8, 4) is 5.75 Å². The molecule has 0 aromatic heterocycles. The van der Waals surface area contributed by atoms with Crippen LogP contribution in [0.2, 0.25) is 0 Å². The van der Waals surface area contributed by atoms with Crippen LogP contribution in [0.15, 0.2) is 77.7 Å². The number of hydrogen-bond donors (Lipinski definition) is 0. The topological polar surface area (TPSA) is 66.9 Å². The van der Waals surface area contributed by atoms with E-state index in [1.807, 2.05) is 0 Å². The van der Waals surface area contributed by atoms with Crippen LogP contribution in [-0.4, -0.2) is 39.9 Å². The van der Waals surface area contributed by atoms with Crippen LogP contribution in [0.4, 0.5) is 10.1 Å². The zero-order valence-electron chi connectivity index (χ0n) is 18.2. The van der Waals surface area contributed by atoms with Crippen LogP contribution in [0, 0.1) is 12.7 Å². The van der Waals surface area contributed by atoms with Gasteiger partial charge in [-0.05, 0) is 42.8 Å². The number of methoxy groups -OCH3 is 1. The molecule has 0 saturated heterocycles. The Morgan fingerprint density at radius 3 is 2.31 bits per heavy atom. The first kappa shape index (κ1) is 23.3. The maximum atomic E-state index is 14.0. The minimum atomic E-state index is -4.14. The molecule has 8 heteroatoms. The normalized spacial score (nSPS) is 11.1. The van der Waals surface area contributed by atoms with Crippen LogP contribution < -0.4 is 9.04 Å². The number of aryl methyl sites for hydroxylation is 1. The van der Waals surface area contributed by atoms with Gasteiger partial charge in [-0.2, -0.15) is 0 Å². The predicted octanol–water partition coefficient (Wildman–Crippen LogP) is 4.00. The van der Waals surface area contributed by atoms with Crippen molar-refractivity contribution >= 4 is 21.6 Å². The van der Waals surface area contributed by atoms with Crippen molar-refractivity contribution in [1.29, 1.82) is 0 Å². The first-order valence-corrected chi connectivity index (χ1v) is 11.4. The molecule has 0 unspecified atom stereocenters. The van der Waals surface area contributed by atoms with Gasteiger partial charge in [-0.15, -0.1) is 0 Å². The Labute approximate surface area is 187 Å². The molecule has 3 rings (SSSR count). The summed E-state index contributed by atoms with van der Waals surface area (Å²) < 4.78 is 47.6. The molecule has 0 N–H and O–H groups in total. The Hall–Kier alpha value is -3.39. The summed E-state index contributed by atoms with van der Waals surface area (Å²) >= 11 is 0. The minimum absolute atomic E-state index is 0.0158. The van der Waals surface area contributed by atoms with Crippen molar-refractivity contribution in [2.45, 2.75) is 18.4 Å². The summed E-state index contributed by atoms with van der Waals surface area (Å²) in [5.41, 5.74) is 1.42. The van der Waals surface area contributed by atoms with Gasteiger partial charge in [0.2, 0.25) is 5.91 Å². The predicted molar refractivity (Wildman–Crippen MR) is 122 cm³/mol. The van der Waals surface area contributed by atoms with Crippen molar-refractivity contribution in [3.63, 3.8) is 0 Å². The van der Waals surface area contributed by atoms with Gasteiger partial charge in [-0.1, -0.05) is 42.5 Å². The number of likely N-dealkylation sites (N-methyl/N-ethyl adjacent to an activating group) is 1. The van der Waals surface area contributed by atoms with Crippen molar-refractivity contribution < 1.29 is 22.3 Å². The smallest absolute Gasteiger partial charge is 0.268 e. The lowest BCUT2D eigenvalue weighted by Gasteiger charge is -2.27. The van der Waals surface area contributed by atoms with Crippen LogP contribution in [-0.2, 0) is 21.4 Å². The van der Waals surface area contributed by atoms with Gasteiger partial charge in [0.25, 0.3) is 10.0 Å². The van der Waals surface area contributed by atoms with Gasteiger partial charge in [0.05, 0.1) is 12.8 Å². The number of benzene rings is 3. The zero-order chi connectivity index (χ0) is 23.3. The van der Waals surface area contributed by atoms with Gasteiger partial charge < -0.3 is 9.64 Å². The van der Waals surface area contributed by atoms with Crippen LogP contribution in [0.5, 0.6) is 5.75 Å². The highest BCUT2D eigenvalue weighted by molar-refractivity contribution is 7.93. The molecule has 0 aliphatic carbocycles. The quantitative estimate of drug-likeness (QED) is 0.514. The number of sulfonamides is 1. The molecule has 32 heavy (non-hydrogen) atoms. The Bertz CT molecular complexity index is 1200. The average Bonchev–Trinajstić information content (AvgIpc) is 2.79. The Morgan fingerprint density at radius 2 is 1.66 bits per heavy atom. The minimum Gasteiger partial charge on any atom is -0.495 e. The van der Waals surface area contributed by atoms with Crippen LogP contribution in [0.3, 0.4) is 0 Å². The molecular formula is C24H25FN2O4S. The molecule has 3 aromatic rings. The second kappa shape index (κ2) is 9.82. The number of carbonyl (C=O) groups is 1. The van der Waals surface area contributed by atoms with E-state index in [2.05, 4.69) is 0 Å². The molecule has 0 atom stereocenters. The number of ether oxygens (including phenoxy) is 1. The fourth-order valence-corrected chi connectivity index (χ4v) is 4.88. The number of hydrogen-bond acceptors (Lipinski definition) is 4. The number of rotatable bonds is 8. The number of nitrogens with zero attached hydrogens (tertiary/aromatic N) is 2. The molecule has 1 amide bonds. The van der Waals surface area contributed by atoms with Crippen LogP contribution in [0.25, 0.3) is 0 Å². The van der Waals surface area contributed by atoms with E-state index < -0.39 is 28.3 Å². The van der Waals surface area contributed by atoms with Crippen LogP contribution in [0.1, 0.15) is 11.1 Å². The van der Waals surface area contributed by atoms with Crippen molar-refractivity contribution in [2.75, 3.05) is 25.0 Å². The average molecular weight is 457 g/mol. The first-order chi connectivity index (χ1) is 15.2. The zero-order valence-corrected chi connectivity index (χ0v) is 19.0. The summed E-state index contributed by atoms with van der Waals surface area (Å²) in [4.78, 5) is 14.3. The van der Waals surface area contributed by atoms with Gasteiger partial charge in [-0.25, -0.2) is 12.8 Å². The molecule has 0 fully saturated rings. The van der Waals surface area contributed by atoms with Gasteiger partial charge in [0, 0.05) is 19.2 Å². The van der Waals surface area contributed by atoms with E-state index in [4.69, 9.17) is 4.74 Å². The molecule has 0 aliphatic rings. The van der Waals surface area contributed by atoms with Gasteiger partial charge in [0.1, 0.15) is 23.0 Å². The van der Waals surface area contributed by atoms with Crippen molar-refractivity contribution in [1.82, 2.24) is 4.90 Å². The summed E-state index contributed by atoms with van der Waals surface area (Å²) in [6.45, 7) is 1.34. The number of para-hydroxylation sites is 1. The van der Waals surface area contributed by atoms with E-state index in [1.54, 1.807) is 67.6 Å². The second-order valence-corrected chi connectivity index (χ2v) is 9.17. The standard InChI is InChI=1S/C24H25FN2O4S/c1-18-13-14-22(31-3)23(15-18)32(29,30)27(20-10-5-4-6-11-20)17-24(28)26(2)16-19-9-7-8-12-21(19)25/h4-15H,16-17H2,1-3H3. The molecule has 6 nitrogen and oxygen atoms in total. The molecule has 168 valence electrons. The van der Waals surface area contributed by atoms with Crippen molar-refractivity contribution in [3.05, 3.63) is 89.7 Å². The summed E-state index contributed by atoms with van der Waals surface area (Å²) in [6.07, 6.45) is 0. The summed E-state index contributed by atoms with van der Waals surface area (Å²) in [5.74, 6) is -0.722. The molecule has 0 spiro atoms. The van der Waals surface area contributed by atoms with Crippen molar-refractivity contribution in [2.24, 2.45) is 0 Å². The molecule has 0 aliphatic heterocycles. The van der Waals surface area contributed by atoms with Crippen LogP contribution >= 0.6 is 0 Å². The number of anilines is 1. The highest BCUT2D eigenvalue weighted by Crippen LogP contribution is 2.31. The Kier molecular flexibility index (Phi) is 7.15. The third-order valence-electron chi connectivity index (χ3n) is 5.00. The third-order valence-corrected chi connectivity index (χ3v) is 6.80. The number of carbonyl (C=O) groups excluding carboxylic acids is 1. The monoisotopic (exact) mass is 456 g/mol. The van der Waals surface area contributed by atoms with Gasteiger partial charge in [-0.3, -0.25) is 9.10 Å². The highest BCUT2D eigenvalue weighted by atomic mass is 32.2. The van der Waals surface area contributed by atoms with E-state index in [-0.39, 0.29) is 17.2 Å². The van der Waals surface area contributed by atoms with E-state index in [0.717, 1.165) is 9.87 Å². The van der Waals surface area contributed by atoms with Gasteiger partial charge >= 0.3 is 0 Å². The number of halogens is 1. The maximum Gasteiger partial charge on any atom is 0.268 e. The summed E-state index contributed by atoms with van der Waals surface area (Å²) in [7, 11) is -1.24. The van der Waals surface area contributed by atoms with E-state index >= 15 is 0 Å². The van der Waals surface area contributed by atoms with E-state index in [9.17, 15) is 17.6 Å². The van der Waals surface area contributed by atoms with E-state index in [0.29, 0.717) is 11.3 Å². The first-order valence-electron chi connectivity index (χ1n) is 9.94. The molecule has 0 saturated carbocycles. The maximum absolute atomic E-state index is 14.0.